The number of aliphatic hydroxyl groups is 1. The van der Waals surface area contributed by atoms with E-state index in [1.54, 1.807) is 12.3 Å². The molecule has 10 heteroatoms. The van der Waals surface area contributed by atoms with Crippen LogP contribution in [0.1, 0.15) is 24.8 Å². The second-order valence-electron chi connectivity index (χ2n) is 7.89. The van der Waals surface area contributed by atoms with Gasteiger partial charge in [-0.1, -0.05) is 13.0 Å². The van der Waals surface area contributed by atoms with Gasteiger partial charge in [-0.3, -0.25) is 0 Å². The lowest BCUT2D eigenvalue weighted by atomic mass is 9.92. The van der Waals surface area contributed by atoms with Gasteiger partial charge in [0.2, 0.25) is 0 Å². The van der Waals surface area contributed by atoms with Crippen LogP contribution < -0.4 is 10.6 Å². The summed E-state index contributed by atoms with van der Waals surface area (Å²) in [5.41, 5.74) is -0.917. The summed E-state index contributed by atoms with van der Waals surface area (Å²) >= 11 is 1.31. The van der Waals surface area contributed by atoms with Gasteiger partial charge < -0.3 is 20.6 Å². The highest BCUT2D eigenvalue weighted by atomic mass is 32.1. The number of carbonyl (C=O) groups is 1. The van der Waals surface area contributed by atoms with E-state index in [2.05, 4.69) is 27.4 Å². The molecule has 0 aliphatic carbocycles. The molecule has 1 aliphatic rings. The third-order valence-corrected chi connectivity index (χ3v) is 6.95. The van der Waals surface area contributed by atoms with Crippen LogP contribution in [0.5, 0.6) is 0 Å². The number of piperidine rings is 1. The number of urea groups is 1. The summed E-state index contributed by atoms with van der Waals surface area (Å²) in [5.74, 6) is -2.23. The third-order valence-electron chi connectivity index (χ3n) is 5.71. The van der Waals surface area contributed by atoms with Crippen molar-refractivity contribution in [3.05, 3.63) is 65.1 Å². The lowest BCUT2D eigenvalue weighted by Gasteiger charge is -2.36. The lowest BCUT2D eigenvalue weighted by Crippen LogP contribution is -2.42. The van der Waals surface area contributed by atoms with E-state index in [0.29, 0.717) is 28.3 Å². The fourth-order valence-corrected chi connectivity index (χ4v) is 4.77. The first-order chi connectivity index (χ1) is 15.8. The predicted octanol–water partition coefficient (Wildman–Crippen LogP) is 5.17. The molecule has 2 aromatic carbocycles. The minimum Gasteiger partial charge on any atom is -0.383 e. The number of rotatable bonds is 5. The Bertz CT molecular complexity index is 1160. The summed E-state index contributed by atoms with van der Waals surface area (Å²) in [5, 5.41) is 16.1. The lowest BCUT2D eigenvalue weighted by molar-refractivity contribution is -0.0248. The Morgan fingerprint density at radius 2 is 1.82 bits per heavy atom. The number of anilines is 2. The molecule has 33 heavy (non-hydrogen) atoms. The number of nitrogens with zero attached hydrogens (tertiary/aromatic N) is 2. The number of aromatic nitrogens is 1. The summed E-state index contributed by atoms with van der Waals surface area (Å²) in [6.45, 7) is 4.60. The number of nitrogens with one attached hydrogen (secondary N) is 2. The molecular formula is C23H23F3N4O2S. The van der Waals surface area contributed by atoms with Crippen LogP contribution in [-0.4, -0.2) is 40.7 Å². The second kappa shape index (κ2) is 9.50. The second-order valence-corrected chi connectivity index (χ2v) is 8.92. The Kier molecular flexibility index (Phi) is 6.68. The quantitative estimate of drug-likeness (QED) is 0.475. The van der Waals surface area contributed by atoms with Gasteiger partial charge in [-0.05, 0) is 49.2 Å². The molecule has 0 saturated carbocycles. The standard InChI is InChI=1S/C23H23F3N4O2S/c1-2-30-9-7-23(32,8-10-30)21-27-13-20(33-21)14-3-6-18(17(26)11-14)28-22(31)29-19-12-15(24)4-5-16(19)25/h3-6,11-13,32H,2,7-10H2,1H3,(H2,28,29,31). The highest BCUT2D eigenvalue weighted by Gasteiger charge is 2.36. The van der Waals surface area contributed by atoms with Crippen LogP contribution in [0.2, 0.25) is 0 Å². The number of carbonyl (C=O) groups excluding carboxylic acids is 1. The molecule has 1 fully saturated rings. The van der Waals surface area contributed by atoms with Crippen molar-refractivity contribution in [3.8, 4) is 10.4 Å². The molecule has 174 valence electrons. The maximum Gasteiger partial charge on any atom is 0.323 e. The maximum absolute atomic E-state index is 14.6. The Hall–Kier alpha value is -2.95. The van der Waals surface area contributed by atoms with E-state index in [0.717, 1.165) is 37.8 Å². The van der Waals surface area contributed by atoms with Crippen molar-refractivity contribution in [3.63, 3.8) is 0 Å². The number of amides is 2. The molecule has 3 N–H and O–H groups in total. The van der Waals surface area contributed by atoms with Gasteiger partial charge in [0.1, 0.15) is 28.1 Å². The van der Waals surface area contributed by atoms with Crippen molar-refractivity contribution in [2.45, 2.75) is 25.4 Å². The summed E-state index contributed by atoms with van der Waals surface area (Å²) in [7, 11) is 0. The molecule has 2 amide bonds. The van der Waals surface area contributed by atoms with E-state index in [4.69, 9.17) is 0 Å². The van der Waals surface area contributed by atoms with Crippen LogP contribution in [-0.2, 0) is 5.60 Å². The van der Waals surface area contributed by atoms with Crippen LogP contribution in [0.4, 0.5) is 29.3 Å². The third kappa shape index (κ3) is 5.18. The van der Waals surface area contributed by atoms with Crippen molar-refractivity contribution < 1.29 is 23.1 Å². The molecule has 0 atom stereocenters. The van der Waals surface area contributed by atoms with E-state index in [1.807, 2.05) is 0 Å². The molecular weight excluding hydrogens is 453 g/mol. The zero-order valence-electron chi connectivity index (χ0n) is 17.9. The molecule has 0 bridgehead atoms. The number of thiazole rings is 1. The van der Waals surface area contributed by atoms with Crippen LogP contribution in [0.3, 0.4) is 0 Å². The first-order valence-corrected chi connectivity index (χ1v) is 11.3. The first kappa shape index (κ1) is 23.2. The zero-order valence-corrected chi connectivity index (χ0v) is 18.7. The van der Waals surface area contributed by atoms with Crippen LogP contribution in [0.15, 0.2) is 42.6 Å². The maximum atomic E-state index is 14.6. The molecule has 0 spiro atoms. The van der Waals surface area contributed by atoms with Crippen molar-refractivity contribution in [1.29, 1.82) is 0 Å². The molecule has 0 radical (unpaired) electrons. The highest BCUT2D eigenvalue weighted by molar-refractivity contribution is 7.15. The van der Waals surface area contributed by atoms with Crippen molar-refractivity contribution in [1.82, 2.24) is 9.88 Å². The summed E-state index contributed by atoms with van der Waals surface area (Å²) < 4.78 is 41.6. The zero-order chi connectivity index (χ0) is 23.6. The number of benzene rings is 2. The van der Waals surface area contributed by atoms with E-state index < -0.39 is 29.1 Å². The fraction of sp³-hybridized carbons (Fsp3) is 0.304. The molecule has 1 saturated heterocycles. The van der Waals surface area contributed by atoms with Crippen LogP contribution >= 0.6 is 11.3 Å². The Balaban J connectivity index is 1.45. The SMILES string of the molecule is CCN1CCC(O)(c2ncc(-c3ccc(NC(=O)Nc4cc(F)ccc4F)c(F)c3)s2)CC1. The molecule has 0 unspecified atom stereocenters. The minimum atomic E-state index is -0.987. The average Bonchev–Trinajstić information content (AvgIpc) is 3.29. The molecule has 2 heterocycles. The van der Waals surface area contributed by atoms with Crippen molar-refractivity contribution in [2.75, 3.05) is 30.3 Å². The van der Waals surface area contributed by atoms with Crippen molar-refractivity contribution >= 4 is 28.7 Å². The Labute approximate surface area is 193 Å². The van der Waals surface area contributed by atoms with Crippen LogP contribution in [0, 0.1) is 17.5 Å². The minimum absolute atomic E-state index is 0.122. The predicted molar refractivity (Wildman–Crippen MR) is 122 cm³/mol. The van der Waals surface area contributed by atoms with Gasteiger partial charge in [-0.25, -0.2) is 22.9 Å². The van der Waals surface area contributed by atoms with Gasteiger partial charge in [-0.15, -0.1) is 11.3 Å². The largest absolute Gasteiger partial charge is 0.383 e. The van der Waals surface area contributed by atoms with Crippen LogP contribution in [0.25, 0.3) is 10.4 Å². The summed E-state index contributed by atoms with van der Waals surface area (Å²) in [4.78, 5) is 19.4. The molecule has 4 rings (SSSR count). The molecule has 3 aromatic rings. The van der Waals surface area contributed by atoms with E-state index in [-0.39, 0.29) is 11.4 Å². The monoisotopic (exact) mass is 476 g/mol. The molecule has 6 nitrogen and oxygen atoms in total. The number of hydrogen-bond acceptors (Lipinski definition) is 5. The van der Waals surface area contributed by atoms with Gasteiger partial charge >= 0.3 is 6.03 Å². The fourth-order valence-electron chi connectivity index (χ4n) is 3.71. The van der Waals surface area contributed by atoms with E-state index >= 15 is 0 Å². The van der Waals surface area contributed by atoms with Gasteiger partial charge in [0, 0.05) is 25.4 Å². The topological polar surface area (TPSA) is 77.5 Å². The number of likely N-dealkylation sites (tertiary alicyclic amines) is 1. The van der Waals surface area contributed by atoms with Crippen molar-refractivity contribution in [2.24, 2.45) is 0 Å². The van der Waals surface area contributed by atoms with E-state index in [9.17, 15) is 23.1 Å². The van der Waals surface area contributed by atoms with Gasteiger partial charge in [0.25, 0.3) is 0 Å². The summed E-state index contributed by atoms with van der Waals surface area (Å²) in [6.07, 6.45) is 2.78. The molecule has 1 aromatic heterocycles. The Morgan fingerprint density at radius 1 is 1.09 bits per heavy atom. The molecule has 1 aliphatic heterocycles. The smallest absolute Gasteiger partial charge is 0.323 e. The van der Waals surface area contributed by atoms with Gasteiger partial charge in [0.05, 0.1) is 16.3 Å². The van der Waals surface area contributed by atoms with Gasteiger partial charge in [-0.2, -0.15) is 0 Å². The Morgan fingerprint density at radius 3 is 2.52 bits per heavy atom. The normalized spacial score (nSPS) is 15.9. The highest BCUT2D eigenvalue weighted by Crippen LogP contribution is 2.38. The van der Waals surface area contributed by atoms with Gasteiger partial charge in [0.15, 0.2) is 0 Å². The summed E-state index contributed by atoms with van der Waals surface area (Å²) in [6, 6.07) is 5.96. The first-order valence-electron chi connectivity index (χ1n) is 10.5. The number of hydrogen-bond donors (Lipinski definition) is 3. The number of halogens is 3. The average molecular weight is 477 g/mol. The van der Waals surface area contributed by atoms with E-state index in [1.165, 1.54) is 23.5 Å².